The zero-order valence-corrected chi connectivity index (χ0v) is 9.16. The highest BCUT2D eigenvalue weighted by Gasteiger charge is 2.19. The van der Waals surface area contributed by atoms with Crippen molar-refractivity contribution in [3.8, 4) is 0 Å². The molecule has 15 heavy (non-hydrogen) atoms. The first-order chi connectivity index (χ1) is 7.36. The molecule has 0 spiro atoms. The fourth-order valence-corrected chi connectivity index (χ4v) is 2.15. The Labute approximate surface area is 91.6 Å². The standard InChI is InChI=1S/C15H16/c1-3-7-12-11-13-9-5-6-10-15(13)14(12)8-4-2/h3,5-10H,1,4,11H2,2H3/b12-7-,14-8+. The van der Waals surface area contributed by atoms with Crippen molar-refractivity contribution >= 4 is 5.57 Å². The summed E-state index contributed by atoms with van der Waals surface area (Å²) in [6.45, 7) is 5.96. The Morgan fingerprint density at radius 3 is 2.87 bits per heavy atom. The highest BCUT2D eigenvalue weighted by atomic mass is 14.2. The highest BCUT2D eigenvalue weighted by Crippen LogP contribution is 2.36. The molecule has 0 aliphatic heterocycles. The largest absolute Gasteiger partial charge is 0.0991 e. The molecule has 0 bridgehead atoms. The molecule has 0 N–H and O–H groups in total. The molecule has 0 aromatic heterocycles. The van der Waals surface area contributed by atoms with Crippen LogP contribution in [0.25, 0.3) is 5.57 Å². The number of hydrogen-bond donors (Lipinski definition) is 0. The number of hydrogen-bond acceptors (Lipinski definition) is 0. The lowest BCUT2D eigenvalue weighted by Crippen LogP contribution is -1.80. The fourth-order valence-electron chi connectivity index (χ4n) is 2.15. The van der Waals surface area contributed by atoms with Crippen molar-refractivity contribution in [2.45, 2.75) is 19.8 Å². The number of fused-ring (bicyclic) bond motifs is 1. The van der Waals surface area contributed by atoms with E-state index in [1.165, 1.54) is 22.3 Å². The van der Waals surface area contributed by atoms with Gasteiger partial charge in [-0.1, -0.05) is 56.0 Å². The summed E-state index contributed by atoms with van der Waals surface area (Å²) >= 11 is 0. The zero-order chi connectivity index (χ0) is 10.7. The van der Waals surface area contributed by atoms with E-state index in [2.05, 4.69) is 49.9 Å². The van der Waals surface area contributed by atoms with E-state index in [0.717, 1.165) is 12.8 Å². The lowest BCUT2D eigenvalue weighted by Gasteiger charge is -2.01. The molecule has 0 saturated carbocycles. The van der Waals surface area contributed by atoms with Crippen LogP contribution in [0.5, 0.6) is 0 Å². The van der Waals surface area contributed by atoms with Gasteiger partial charge in [-0.15, -0.1) is 0 Å². The van der Waals surface area contributed by atoms with Crippen LogP contribution < -0.4 is 0 Å². The first-order valence-electron chi connectivity index (χ1n) is 5.47. The first kappa shape index (κ1) is 9.97. The number of benzene rings is 1. The van der Waals surface area contributed by atoms with Crippen molar-refractivity contribution in [1.29, 1.82) is 0 Å². The monoisotopic (exact) mass is 196 g/mol. The van der Waals surface area contributed by atoms with Gasteiger partial charge in [-0.25, -0.2) is 0 Å². The minimum absolute atomic E-state index is 1.05. The molecule has 0 atom stereocenters. The molecule has 0 amide bonds. The third kappa shape index (κ3) is 1.80. The van der Waals surface area contributed by atoms with E-state index in [4.69, 9.17) is 0 Å². The Hall–Kier alpha value is -1.56. The Morgan fingerprint density at radius 2 is 2.13 bits per heavy atom. The average molecular weight is 196 g/mol. The molecule has 1 aromatic carbocycles. The van der Waals surface area contributed by atoms with Crippen molar-refractivity contribution in [3.05, 3.63) is 65.8 Å². The molecule has 2 rings (SSSR count). The first-order valence-corrected chi connectivity index (χ1v) is 5.47. The van der Waals surface area contributed by atoms with E-state index in [0.29, 0.717) is 0 Å². The van der Waals surface area contributed by atoms with Crippen LogP contribution in [0, 0.1) is 0 Å². The summed E-state index contributed by atoms with van der Waals surface area (Å²) in [6, 6.07) is 8.64. The van der Waals surface area contributed by atoms with Gasteiger partial charge in [0.2, 0.25) is 0 Å². The van der Waals surface area contributed by atoms with Crippen molar-refractivity contribution < 1.29 is 0 Å². The molecule has 0 heteroatoms. The Kier molecular flexibility index (Phi) is 2.86. The van der Waals surface area contributed by atoms with Crippen LogP contribution in [-0.2, 0) is 6.42 Å². The Balaban J connectivity index is 2.52. The summed E-state index contributed by atoms with van der Waals surface area (Å²) < 4.78 is 0. The molecule has 0 saturated heterocycles. The maximum atomic E-state index is 3.78. The number of allylic oxidation sites excluding steroid dienone is 5. The van der Waals surface area contributed by atoms with E-state index < -0.39 is 0 Å². The predicted molar refractivity (Wildman–Crippen MR) is 66.7 cm³/mol. The molecular formula is C15H16. The molecule has 0 nitrogen and oxygen atoms in total. The van der Waals surface area contributed by atoms with Crippen LogP contribution in [0.1, 0.15) is 24.5 Å². The zero-order valence-electron chi connectivity index (χ0n) is 9.16. The van der Waals surface area contributed by atoms with Crippen molar-refractivity contribution in [1.82, 2.24) is 0 Å². The van der Waals surface area contributed by atoms with Gasteiger partial charge < -0.3 is 0 Å². The summed E-state index contributed by atoms with van der Waals surface area (Å²) in [6.07, 6.45) is 8.44. The second-order valence-corrected chi connectivity index (χ2v) is 3.79. The van der Waals surface area contributed by atoms with Gasteiger partial charge in [-0.3, -0.25) is 0 Å². The quantitative estimate of drug-likeness (QED) is 0.666. The smallest absolute Gasteiger partial charge is 0.00136 e. The average Bonchev–Trinajstić information content (AvgIpc) is 2.59. The molecule has 0 radical (unpaired) electrons. The number of rotatable bonds is 2. The Bertz CT molecular complexity index is 433. The van der Waals surface area contributed by atoms with Crippen molar-refractivity contribution in [2.75, 3.05) is 0 Å². The van der Waals surface area contributed by atoms with Gasteiger partial charge in [0.1, 0.15) is 0 Å². The normalized spacial score (nSPS) is 19.5. The van der Waals surface area contributed by atoms with Crippen LogP contribution in [0.15, 0.2) is 54.6 Å². The third-order valence-electron chi connectivity index (χ3n) is 2.76. The molecule has 0 unspecified atom stereocenters. The second-order valence-electron chi connectivity index (χ2n) is 3.79. The van der Waals surface area contributed by atoms with Gasteiger partial charge >= 0.3 is 0 Å². The second kappa shape index (κ2) is 4.31. The van der Waals surface area contributed by atoms with Gasteiger partial charge in [0.05, 0.1) is 0 Å². The van der Waals surface area contributed by atoms with Crippen molar-refractivity contribution in [3.63, 3.8) is 0 Å². The summed E-state index contributed by atoms with van der Waals surface area (Å²) in [5.74, 6) is 0. The molecule has 1 aliphatic carbocycles. The third-order valence-corrected chi connectivity index (χ3v) is 2.76. The minimum Gasteiger partial charge on any atom is -0.0991 e. The molecule has 1 aromatic rings. The topological polar surface area (TPSA) is 0 Å². The van der Waals surface area contributed by atoms with Gasteiger partial charge in [-0.2, -0.15) is 0 Å². The van der Waals surface area contributed by atoms with Gasteiger partial charge in [-0.05, 0) is 35.1 Å². The summed E-state index contributed by atoms with van der Waals surface area (Å²) in [4.78, 5) is 0. The fraction of sp³-hybridized carbons (Fsp3) is 0.200. The van der Waals surface area contributed by atoms with Crippen LogP contribution >= 0.6 is 0 Å². The van der Waals surface area contributed by atoms with E-state index in [1.807, 2.05) is 6.08 Å². The molecular weight excluding hydrogens is 180 g/mol. The van der Waals surface area contributed by atoms with E-state index in [9.17, 15) is 0 Å². The Morgan fingerprint density at radius 1 is 1.33 bits per heavy atom. The van der Waals surface area contributed by atoms with Crippen molar-refractivity contribution in [2.24, 2.45) is 0 Å². The molecule has 0 heterocycles. The summed E-state index contributed by atoms with van der Waals surface area (Å²) in [7, 11) is 0. The van der Waals surface area contributed by atoms with E-state index in [-0.39, 0.29) is 0 Å². The molecule has 0 fully saturated rings. The highest BCUT2D eigenvalue weighted by molar-refractivity contribution is 5.86. The lowest BCUT2D eigenvalue weighted by molar-refractivity contribution is 1.22. The lowest BCUT2D eigenvalue weighted by atomic mass is 10.0. The van der Waals surface area contributed by atoms with E-state index >= 15 is 0 Å². The maximum Gasteiger partial charge on any atom is -0.00136 e. The maximum absolute atomic E-state index is 3.78. The van der Waals surface area contributed by atoms with Crippen LogP contribution in [0.3, 0.4) is 0 Å². The van der Waals surface area contributed by atoms with Gasteiger partial charge in [0, 0.05) is 0 Å². The summed E-state index contributed by atoms with van der Waals surface area (Å²) in [5, 5.41) is 0. The SMILES string of the molecule is C=C/C=C1/Cc2ccccc2/C1=C/CC. The predicted octanol–water partition coefficient (Wildman–Crippen LogP) is 4.15. The van der Waals surface area contributed by atoms with Gasteiger partial charge in [0.15, 0.2) is 0 Å². The minimum atomic E-state index is 1.05. The molecule has 1 aliphatic rings. The van der Waals surface area contributed by atoms with Crippen LogP contribution in [-0.4, -0.2) is 0 Å². The van der Waals surface area contributed by atoms with Crippen LogP contribution in [0.2, 0.25) is 0 Å². The van der Waals surface area contributed by atoms with Crippen LogP contribution in [0.4, 0.5) is 0 Å². The van der Waals surface area contributed by atoms with Gasteiger partial charge in [0.25, 0.3) is 0 Å². The van der Waals surface area contributed by atoms with E-state index in [1.54, 1.807) is 0 Å². The molecule has 76 valence electrons. The summed E-state index contributed by atoms with van der Waals surface area (Å²) in [5.41, 5.74) is 5.62.